The summed E-state index contributed by atoms with van der Waals surface area (Å²) in [4.78, 5) is 5.22. The van der Waals surface area contributed by atoms with E-state index in [0.717, 1.165) is 17.1 Å². The van der Waals surface area contributed by atoms with Gasteiger partial charge < -0.3 is 5.73 Å². The monoisotopic (exact) mass is 323 g/mol. The maximum atomic E-state index is 6.05. The van der Waals surface area contributed by atoms with E-state index in [1.54, 1.807) is 0 Å². The SMILES string of the molecule is NCC(c1cccc(Br)c1)N1CCN2CCCC2C1. The number of benzene rings is 1. The molecule has 0 saturated carbocycles. The van der Waals surface area contributed by atoms with Crippen molar-refractivity contribution in [2.24, 2.45) is 5.73 Å². The van der Waals surface area contributed by atoms with Crippen LogP contribution in [0.2, 0.25) is 0 Å². The molecule has 0 radical (unpaired) electrons. The van der Waals surface area contributed by atoms with Crippen molar-refractivity contribution in [1.29, 1.82) is 0 Å². The smallest absolute Gasteiger partial charge is 0.0472 e. The second kappa shape index (κ2) is 5.92. The van der Waals surface area contributed by atoms with Crippen molar-refractivity contribution >= 4 is 15.9 Å². The number of hydrogen-bond donors (Lipinski definition) is 1. The molecule has 0 spiro atoms. The Morgan fingerprint density at radius 3 is 3.00 bits per heavy atom. The van der Waals surface area contributed by atoms with Crippen molar-refractivity contribution in [1.82, 2.24) is 9.80 Å². The number of piperazine rings is 1. The van der Waals surface area contributed by atoms with Crippen molar-refractivity contribution in [2.75, 3.05) is 32.7 Å². The lowest BCUT2D eigenvalue weighted by molar-refractivity contribution is 0.0737. The quantitative estimate of drug-likeness (QED) is 0.925. The molecule has 104 valence electrons. The molecule has 2 fully saturated rings. The van der Waals surface area contributed by atoms with Crippen molar-refractivity contribution in [3.05, 3.63) is 34.3 Å². The molecule has 2 saturated heterocycles. The average Bonchev–Trinajstić information content (AvgIpc) is 2.87. The first-order valence-corrected chi connectivity index (χ1v) is 8.01. The normalized spacial score (nSPS) is 26.3. The average molecular weight is 324 g/mol. The van der Waals surface area contributed by atoms with Gasteiger partial charge in [-0.2, -0.15) is 0 Å². The molecule has 2 unspecified atom stereocenters. The van der Waals surface area contributed by atoms with Crippen LogP contribution in [-0.4, -0.2) is 48.6 Å². The number of nitrogens with two attached hydrogens (primary N) is 1. The fourth-order valence-corrected chi connectivity index (χ4v) is 3.93. The molecule has 19 heavy (non-hydrogen) atoms. The Balaban J connectivity index is 1.75. The van der Waals surface area contributed by atoms with E-state index in [1.807, 2.05) is 0 Å². The third kappa shape index (κ3) is 2.87. The van der Waals surface area contributed by atoms with E-state index >= 15 is 0 Å². The molecule has 1 aromatic rings. The zero-order valence-corrected chi connectivity index (χ0v) is 12.8. The lowest BCUT2D eigenvalue weighted by atomic mass is 10.0. The van der Waals surface area contributed by atoms with Gasteiger partial charge in [-0.3, -0.25) is 9.80 Å². The molecule has 0 aromatic heterocycles. The predicted molar refractivity (Wildman–Crippen MR) is 82.1 cm³/mol. The third-order valence-corrected chi connectivity index (χ3v) is 5.01. The predicted octanol–water partition coefficient (Wildman–Crippen LogP) is 2.23. The maximum Gasteiger partial charge on any atom is 0.0472 e. The minimum absolute atomic E-state index is 0.361. The summed E-state index contributed by atoms with van der Waals surface area (Å²) in [5.41, 5.74) is 7.39. The van der Waals surface area contributed by atoms with E-state index in [-0.39, 0.29) is 0 Å². The summed E-state index contributed by atoms with van der Waals surface area (Å²) >= 11 is 3.56. The summed E-state index contributed by atoms with van der Waals surface area (Å²) in [5.74, 6) is 0. The van der Waals surface area contributed by atoms with Gasteiger partial charge in [0.2, 0.25) is 0 Å². The van der Waals surface area contributed by atoms with E-state index in [2.05, 4.69) is 50.0 Å². The van der Waals surface area contributed by atoms with Gasteiger partial charge in [0.05, 0.1) is 0 Å². The third-order valence-electron chi connectivity index (χ3n) is 4.52. The molecule has 2 aliphatic rings. The van der Waals surface area contributed by atoms with Crippen LogP contribution >= 0.6 is 15.9 Å². The van der Waals surface area contributed by atoms with E-state index in [1.165, 1.54) is 38.0 Å². The molecule has 0 aliphatic carbocycles. The van der Waals surface area contributed by atoms with Crippen molar-refractivity contribution < 1.29 is 0 Å². The van der Waals surface area contributed by atoms with Gasteiger partial charge in [-0.05, 0) is 37.1 Å². The number of nitrogens with zero attached hydrogens (tertiary/aromatic N) is 2. The van der Waals surface area contributed by atoms with Crippen LogP contribution in [0, 0.1) is 0 Å². The Hall–Kier alpha value is -0.420. The van der Waals surface area contributed by atoms with Gasteiger partial charge >= 0.3 is 0 Å². The minimum atomic E-state index is 0.361. The molecule has 2 aliphatic heterocycles. The van der Waals surface area contributed by atoms with Gasteiger partial charge in [0, 0.05) is 42.7 Å². The van der Waals surface area contributed by atoms with Crippen LogP contribution < -0.4 is 5.73 Å². The summed E-state index contributed by atoms with van der Waals surface area (Å²) in [6.07, 6.45) is 2.72. The maximum absolute atomic E-state index is 6.05. The fraction of sp³-hybridized carbons (Fsp3) is 0.600. The molecule has 4 heteroatoms. The van der Waals surface area contributed by atoms with E-state index in [0.29, 0.717) is 12.6 Å². The molecule has 0 bridgehead atoms. The molecule has 2 atom stereocenters. The fourth-order valence-electron chi connectivity index (χ4n) is 3.51. The first-order chi connectivity index (χ1) is 9.28. The number of fused-ring (bicyclic) bond motifs is 1. The molecule has 1 aromatic carbocycles. The lowest BCUT2D eigenvalue weighted by Gasteiger charge is -2.41. The van der Waals surface area contributed by atoms with E-state index in [4.69, 9.17) is 5.73 Å². The molecule has 0 amide bonds. The zero-order valence-electron chi connectivity index (χ0n) is 11.3. The summed E-state index contributed by atoms with van der Waals surface area (Å²) in [6, 6.07) is 9.71. The van der Waals surface area contributed by atoms with Crippen LogP contribution in [0.4, 0.5) is 0 Å². The first-order valence-electron chi connectivity index (χ1n) is 7.21. The Morgan fingerprint density at radius 2 is 2.21 bits per heavy atom. The Morgan fingerprint density at radius 1 is 1.32 bits per heavy atom. The molecular weight excluding hydrogens is 302 g/mol. The zero-order chi connectivity index (χ0) is 13.2. The van der Waals surface area contributed by atoms with Crippen LogP contribution in [0.5, 0.6) is 0 Å². The summed E-state index contributed by atoms with van der Waals surface area (Å²) in [7, 11) is 0. The highest BCUT2D eigenvalue weighted by Crippen LogP contribution is 2.28. The van der Waals surface area contributed by atoms with Crippen molar-refractivity contribution in [3.8, 4) is 0 Å². The van der Waals surface area contributed by atoms with Crippen LogP contribution in [-0.2, 0) is 0 Å². The molecule has 3 nitrogen and oxygen atoms in total. The number of halogens is 1. The van der Waals surface area contributed by atoms with E-state index in [9.17, 15) is 0 Å². The second-order valence-electron chi connectivity index (χ2n) is 5.63. The molecule has 2 heterocycles. The molecular formula is C15H22BrN3. The summed E-state index contributed by atoms with van der Waals surface area (Å²) in [5, 5.41) is 0. The Kier molecular flexibility index (Phi) is 4.22. The lowest BCUT2D eigenvalue weighted by Crippen LogP contribution is -2.52. The molecule has 2 N–H and O–H groups in total. The van der Waals surface area contributed by atoms with Crippen molar-refractivity contribution in [3.63, 3.8) is 0 Å². The standard InChI is InChI=1S/C15H22BrN3/c16-13-4-1-3-12(9-13)15(10-17)19-8-7-18-6-2-5-14(18)11-19/h1,3-4,9,14-15H,2,5-8,10-11,17H2. The van der Waals surface area contributed by atoms with Gasteiger partial charge in [0.25, 0.3) is 0 Å². The molecule has 3 rings (SSSR count). The van der Waals surface area contributed by atoms with Gasteiger partial charge in [-0.1, -0.05) is 28.1 Å². The number of hydrogen-bond acceptors (Lipinski definition) is 3. The largest absolute Gasteiger partial charge is 0.329 e. The first kappa shape index (κ1) is 13.6. The van der Waals surface area contributed by atoms with Gasteiger partial charge in [0.15, 0.2) is 0 Å². The van der Waals surface area contributed by atoms with Crippen LogP contribution in [0.15, 0.2) is 28.7 Å². The number of rotatable bonds is 3. The van der Waals surface area contributed by atoms with Crippen LogP contribution in [0.1, 0.15) is 24.4 Å². The highest BCUT2D eigenvalue weighted by atomic mass is 79.9. The Bertz CT molecular complexity index is 437. The van der Waals surface area contributed by atoms with Gasteiger partial charge in [-0.15, -0.1) is 0 Å². The van der Waals surface area contributed by atoms with Gasteiger partial charge in [-0.25, -0.2) is 0 Å². The van der Waals surface area contributed by atoms with Crippen LogP contribution in [0.25, 0.3) is 0 Å². The van der Waals surface area contributed by atoms with E-state index < -0.39 is 0 Å². The van der Waals surface area contributed by atoms with Crippen LogP contribution in [0.3, 0.4) is 0 Å². The topological polar surface area (TPSA) is 32.5 Å². The van der Waals surface area contributed by atoms with Gasteiger partial charge in [0.1, 0.15) is 0 Å². The second-order valence-corrected chi connectivity index (χ2v) is 6.55. The Labute approximate surface area is 123 Å². The highest BCUT2D eigenvalue weighted by Gasteiger charge is 2.33. The summed E-state index contributed by atoms with van der Waals surface area (Å²) < 4.78 is 1.14. The highest BCUT2D eigenvalue weighted by molar-refractivity contribution is 9.10. The van der Waals surface area contributed by atoms with Crippen molar-refractivity contribution in [2.45, 2.75) is 24.9 Å². The summed E-state index contributed by atoms with van der Waals surface area (Å²) in [6.45, 7) is 5.51. The minimum Gasteiger partial charge on any atom is -0.329 e.